The zero-order chi connectivity index (χ0) is 12.3. The van der Waals surface area contributed by atoms with Gasteiger partial charge in [0.2, 0.25) is 0 Å². The lowest BCUT2D eigenvalue weighted by Crippen LogP contribution is -2.29. The Morgan fingerprint density at radius 1 is 1.29 bits per heavy atom. The number of carbonyl (C=O) groups excluding carboxylic acids is 1. The zero-order valence-corrected chi connectivity index (χ0v) is 10.4. The second kappa shape index (κ2) is 4.74. The molecule has 1 aliphatic rings. The van der Waals surface area contributed by atoms with Crippen molar-refractivity contribution in [1.29, 1.82) is 0 Å². The van der Waals surface area contributed by atoms with E-state index in [1.54, 1.807) is 0 Å². The molecule has 90 valence electrons. The van der Waals surface area contributed by atoms with E-state index in [-0.39, 0.29) is 5.78 Å². The predicted octanol–water partition coefficient (Wildman–Crippen LogP) is 3.36. The van der Waals surface area contributed by atoms with Crippen LogP contribution in [0.2, 0.25) is 0 Å². The first kappa shape index (κ1) is 11.9. The van der Waals surface area contributed by atoms with Crippen LogP contribution in [0.3, 0.4) is 0 Å². The summed E-state index contributed by atoms with van der Waals surface area (Å²) in [6, 6.07) is 8.38. The fourth-order valence-corrected chi connectivity index (χ4v) is 2.18. The smallest absolute Gasteiger partial charge is 0.163 e. The average molecular weight is 230 g/mol. The third kappa shape index (κ3) is 2.57. The molecule has 1 aromatic carbocycles. The Balaban J connectivity index is 2.21. The minimum atomic E-state index is -0.503. The van der Waals surface area contributed by atoms with Crippen LogP contribution in [-0.2, 0) is 21.6 Å². The molecule has 0 N–H and O–H groups in total. The summed E-state index contributed by atoms with van der Waals surface area (Å²) in [6.07, 6.45) is 5.65. The van der Waals surface area contributed by atoms with Gasteiger partial charge in [0.1, 0.15) is 5.60 Å². The predicted molar refractivity (Wildman–Crippen MR) is 67.6 cm³/mol. The van der Waals surface area contributed by atoms with Gasteiger partial charge in [-0.25, -0.2) is 0 Å². The normalized spacial score (nSPS) is 23.5. The van der Waals surface area contributed by atoms with Crippen LogP contribution in [0.1, 0.15) is 37.8 Å². The third-order valence-electron chi connectivity index (χ3n) is 3.20. The summed E-state index contributed by atoms with van der Waals surface area (Å²) in [6.45, 7) is 4.13. The van der Waals surface area contributed by atoms with Gasteiger partial charge in [-0.05, 0) is 24.5 Å². The van der Waals surface area contributed by atoms with Crippen LogP contribution in [0.4, 0.5) is 0 Å². The highest BCUT2D eigenvalue weighted by molar-refractivity contribution is 5.91. The van der Waals surface area contributed by atoms with Gasteiger partial charge in [0.05, 0.1) is 12.7 Å². The van der Waals surface area contributed by atoms with Crippen molar-refractivity contribution in [2.75, 3.05) is 0 Å². The third-order valence-corrected chi connectivity index (χ3v) is 3.20. The molecule has 1 unspecified atom stereocenters. The molecule has 0 radical (unpaired) electrons. The number of allylic oxidation sites excluding steroid dienone is 1. The summed E-state index contributed by atoms with van der Waals surface area (Å²) in [5.74, 6) is 0.122. The van der Waals surface area contributed by atoms with Crippen LogP contribution >= 0.6 is 0 Å². The quantitative estimate of drug-likeness (QED) is 0.796. The first-order valence-electron chi connectivity index (χ1n) is 6.11. The Morgan fingerprint density at radius 2 is 2.00 bits per heavy atom. The van der Waals surface area contributed by atoms with Crippen molar-refractivity contribution in [3.8, 4) is 0 Å². The fraction of sp³-hybridized carbons (Fsp3) is 0.400. The van der Waals surface area contributed by atoms with E-state index in [2.05, 4.69) is 31.2 Å². The molecule has 1 aromatic rings. The van der Waals surface area contributed by atoms with E-state index >= 15 is 0 Å². The van der Waals surface area contributed by atoms with Crippen molar-refractivity contribution in [1.82, 2.24) is 0 Å². The molecular formula is C15H18O2. The molecule has 0 aliphatic carbocycles. The minimum Gasteiger partial charge on any atom is -0.490 e. The Hall–Kier alpha value is -1.57. The lowest BCUT2D eigenvalue weighted by atomic mass is 9.88. The van der Waals surface area contributed by atoms with Crippen LogP contribution in [0.15, 0.2) is 36.6 Å². The van der Waals surface area contributed by atoms with Gasteiger partial charge >= 0.3 is 0 Å². The van der Waals surface area contributed by atoms with Crippen LogP contribution in [0, 0.1) is 0 Å². The van der Waals surface area contributed by atoms with Gasteiger partial charge < -0.3 is 4.74 Å². The molecule has 0 saturated heterocycles. The standard InChI is InChI=1S/C15H18O2/c1-3-4-12-5-7-13(8-6-12)15(2)11-14(16)9-10-17-15/h5-10H,3-4,11H2,1-2H3. The Labute approximate surface area is 102 Å². The van der Waals surface area contributed by atoms with Crippen molar-refractivity contribution >= 4 is 5.78 Å². The summed E-state index contributed by atoms with van der Waals surface area (Å²) in [4.78, 5) is 11.5. The lowest BCUT2D eigenvalue weighted by molar-refractivity contribution is -0.122. The van der Waals surface area contributed by atoms with Crippen molar-refractivity contribution in [2.24, 2.45) is 0 Å². The molecule has 17 heavy (non-hydrogen) atoms. The summed E-state index contributed by atoms with van der Waals surface area (Å²) < 4.78 is 5.62. The molecule has 0 bridgehead atoms. The molecule has 2 rings (SSSR count). The second-order valence-electron chi connectivity index (χ2n) is 4.74. The van der Waals surface area contributed by atoms with Gasteiger partial charge in [-0.3, -0.25) is 4.79 Å². The molecule has 0 amide bonds. The summed E-state index contributed by atoms with van der Waals surface area (Å²) in [5.41, 5.74) is 1.89. The van der Waals surface area contributed by atoms with Gasteiger partial charge in [-0.2, -0.15) is 0 Å². The van der Waals surface area contributed by atoms with Crippen molar-refractivity contribution < 1.29 is 9.53 Å². The highest BCUT2D eigenvalue weighted by atomic mass is 16.5. The first-order chi connectivity index (χ1) is 8.14. The van der Waals surface area contributed by atoms with E-state index in [1.165, 1.54) is 17.9 Å². The van der Waals surface area contributed by atoms with Gasteiger partial charge in [0.15, 0.2) is 5.78 Å². The fourth-order valence-electron chi connectivity index (χ4n) is 2.18. The van der Waals surface area contributed by atoms with E-state index in [4.69, 9.17) is 4.74 Å². The van der Waals surface area contributed by atoms with E-state index in [1.807, 2.05) is 6.92 Å². The van der Waals surface area contributed by atoms with E-state index in [0.717, 1.165) is 18.4 Å². The van der Waals surface area contributed by atoms with Gasteiger partial charge in [-0.15, -0.1) is 0 Å². The first-order valence-corrected chi connectivity index (χ1v) is 6.11. The number of hydrogen-bond acceptors (Lipinski definition) is 2. The van der Waals surface area contributed by atoms with Crippen LogP contribution in [0.5, 0.6) is 0 Å². The lowest BCUT2D eigenvalue weighted by Gasteiger charge is -2.31. The van der Waals surface area contributed by atoms with Gasteiger partial charge in [-0.1, -0.05) is 37.6 Å². The number of benzene rings is 1. The molecule has 0 spiro atoms. The Morgan fingerprint density at radius 3 is 2.59 bits per heavy atom. The minimum absolute atomic E-state index is 0.122. The monoisotopic (exact) mass is 230 g/mol. The summed E-state index contributed by atoms with van der Waals surface area (Å²) >= 11 is 0. The SMILES string of the molecule is CCCc1ccc(C2(C)CC(=O)C=CO2)cc1. The highest BCUT2D eigenvalue weighted by Gasteiger charge is 2.32. The van der Waals surface area contributed by atoms with Crippen LogP contribution < -0.4 is 0 Å². The van der Waals surface area contributed by atoms with E-state index in [0.29, 0.717) is 6.42 Å². The maximum absolute atomic E-state index is 11.5. The number of hydrogen-bond donors (Lipinski definition) is 0. The molecule has 1 atom stereocenters. The zero-order valence-electron chi connectivity index (χ0n) is 10.4. The molecule has 1 heterocycles. The molecular weight excluding hydrogens is 212 g/mol. The number of carbonyl (C=O) groups is 1. The number of ether oxygens (including phenoxy) is 1. The largest absolute Gasteiger partial charge is 0.490 e. The molecule has 0 saturated carbocycles. The van der Waals surface area contributed by atoms with Crippen molar-refractivity contribution in [2.45, 2.75) is 38.7 Å². The molecule has 2 nitrogen and oxygen atoms in total. The molecule has 0 aromatic heterocycles. The topological polar surface area (TPSA) is 26.3 Å². The van der Waals surface area contributed by atoms with E-state index in [9.17, 15) is 4.79 Å². The molecule has 2 heteroatoms. The van der Waals surface area contributed by atoms with Crippen LogP contribution in [0.25, 0.3) is 0 Å². The molecule has 0 fully saturated rings. The van der Waals surface area contributed by atoms with Crippen molar-refractivity contribution in [3.63, 3.8) is 0 Å². The molecule has 1 aliphatic heterocycles. The van der Waals surface area contributed by atoms with Gasteiger partial charge in [0.25, 0.3) is 0 Å². The van der Waals surface area contributed by atoms with Gasteiger partial charge in [0, 0.05) is 6.08 Å². The average Bonchev–Trinajstić information content (AvgIpc) is 2.30. The highest BCUT2D eigenvalue weighted by Crippen LogP contribution is 2.32. The number of rotatable bonds is 3. The maximum atomic E-state index is 11.5. The Bertz CT molecular complexity index is 431. The van der Waals surface area contributed by atoms with Crippen LogP contribution in [-0.4, -0.2) is 5.78 Å². The van der Waals surface area contributed by atoms with Crippen molar-refractivity contribution in [3.05, 3.63) is 47.7 Å². The van der Waals surface area contributed by atoms with E-state index < -0.39 is 5.60 Å². The maximum Gasteiger partial charge on any atom is 0.163 e. The number of aryl methyl sites for hydroxylation is 1. The summed E-state index contributed by atoms with van der Waals surface area (Å²) in [5, 5.41) is 0. The summed E-state index contributed by atoms with van der Waals surface area (Å²) in [7, 11) is 0. The second-order valence-corrected chi connectivity index (χ2v) is 4.74. The Kier molecular flexibility index (Phi) is 3.32. The number of ketones is 1.